The van der Waals surface area contributed by atoms with Gasteiger partial charge in [0.15, 0.2) is 0 Å². The third kappa shape index (κ3) is 2.31. The van der Waals surface area contributed by atoms with Gasteiger partial charge in [-0.15, -0.1) is 0 Å². The van der Waals surface area contributed by atoms with E-state index >= 15 is 0 Å². The molecule has 7 heteroatoms. The summed E-state index contributed by atoms with van der Waals surface area (Å²) < 4.78 is 51.2. The van der Waals surface area contributed by atoms with E-state index < -0.39 is 32.7 Å². The van der Waals surface area contributed by atoms with E-state index in [0.717, 1.165) is 16.4 Å². The number of halogens is 2. The second-order valence-corrected chi connectivity index (χ2v) is 5.79. The summed E-state index contributed by atoms with van der Waals surface area (Å²) in [4.78, 5) is -0.688. The molecule has 0 saturated carbocycles. The van der Waals surface area contributed by atoms with Gasteiger partial charge in [-0.3, -0.25) is 0 Å². The lowest BCUT2D eigenvalue weighted by atomic mass is 10.3. The minimum absolute atomic E-state index is 0.0850. The Balaban J connectivity index is 2.41. The van der Waals surface area contributed by atoms with Gasteiger partial charge in [0.2, 0.25) is 10.0 Å². The van der Waals surface area contributed by atoms with Gasteiger partial charge in [0.1, 0.15) is 16.5 Å². The average molecular weight is 263 g/mol. The maximum atomic E-state index is 13.4. The minimum Gasteiger partial charge on any atom is -0.392 e. The molecule has 1 heterocycles. The van der Waals surface area contributed by atoms with Gasteiger partial charge >= 0.3 is 0 Å². The molecule has 1 aliphatic heterocycles. The van der Waals surface area contributed by atoms with Gasteiger partial charge in [-0.05, 0) is 24.6 Å². The van der Waals surface area contributed by atoms with Gasteiger partial charge in [-0.1, -0.05) is 0 Å². The molecular formula is C10H11F2NO3S. The lowest BCUT2D eigenvalue weighted by molar-refractivity contribution is 0.189. The molecule has 1 aliphatic rings. The van der Waals surface area contributed by atoms with E-state index in [1.807, 2.05) is 0 Å². The minimum atomic E-state index is -4.07. The molecule has 1 unspecified atom stereocenters. The molecule has 2 rings (SSSR count). The molecule has 0 spiro atoms. The third-order valence-electron chi connectivity index (χ3n) is 2.64. The Hall–Kier alpha value is -1.05. The number of rotatable bonds is 2. The zero-order valence-corrected chi connectivity index (χ0v) is 9.62. The van der Waals surface area contributed by atoms with E-state index in [9.17, 15) is 22.3 Å². The van der Waals surface area contributed by atoms with Crippen LogP contribution in [0.3, 0.4) is 0 Å². The van der Waals surface area contributed by atoms with Crippen molar-refractivity contribution in [3.63, 3.8) is 0 Å². The summed E-state index contributed by atoms with van der Waals surface area (Å²) in [6.45, 7) is 0.0255. The second-order valence-electron chi connectivity index (χ2n) is 3.88. The summed E-state index contributed by atoms with van der Waals surface area (Å²) >= 11 is 0. The highest BCUT2D eigenvalue weighted by molar-refractivity contribution is 7.89. The van der Waals surface area contributed by atoms with Crippen LogP contribution >= 0.6 is 0 Å². The summed E-state index contributed by atoms with van der Waals surface area (Å²) in [5, 5.41) is 9.26. The van der Waals surface area contributed by atoms with Crippen molar-refractivity contribution in [2.45, 2.75) is 17.4 Å². The van der Waals surface area contributed by atoms with Crippen molar-refractivity contribution < 1.29 is 22.3 Å². The Morgan fingerprint density at radius 1 is 1.35 bits per heavy atom. The molecule has 17 heavy (non-hydrogen) atoms. The fourth-order valence-corrected chi connectivity index (χ4v) is 3.31. The predicted octanol–water partition coefficient (Wildman–Crippen LogP) is 0.720. The zero-order valence-electron chi connectivity index (χ0n) is 8.81. The first-order valence-corrected chi connectivity index (χ1v) is 6.48. The first kappa shape index (κ1) is 12.4. The molecule has 0 amide bonds. The highest BCUT2D eigenvalue weighted by Gasteiger charge is 2.33. The molecule has 0 bridgehead atoms. The van der Waals surface area contributed by atoms with Crippen LogP contribution in [0.5, 0.6) is 0 Å². The lowest BCUT2D eigenvalue weighted by Crippen LogP contribution is -2.30. The van der Waals surface area contributed by atoms with E-state index in [2.05, 4.69) is 0 Å². The molecule has 1 aromatic rings. The quantitative estimate of drug-likeness (QED) is 0.855. The highest BCUT2D eigenvalue weighted by Crippen LogP contribution is 2.23. The molecule has 4 nitrogen and oxygen atoms in total. The monoisotopic (exact) mass is 263 g/mol. The number of β-amino-alcohol motifs (C(OH)–C–C–N with tert-alkyl or cyclic N) is 1. The van der Waals surface area contributed by atoms with Crippen LogP contribution in [0.15, 0.2) is 23.1 Å². The maximum Gasteiger partial charge on any atom is 0.246 e. The van der Waals surface area contributed by atoms with Crippen LogP contribution < -0.4 is 0 Å². The highest BCUT2D eigenvalue weighted by atomic mass is 32.2. The van der Waals surface area contributed by atoms with E-state index in [4.69, 9.17) is 0 Å². The second kappa shape index (κ2) is 4.32. The molecule has 1 aromatic carbocycles. The molecule has 1 atom stereocenters. The Labute approximate surface area is 97.5 Å². The van der Waals surface area contributed by atoms with Crippen molar-refractivity contribution in [3.8, 4) is 0 Å². The van der Waals surface area contributed by atoms with Crippen LogP contribution in [0.1, 0.15) is 6.42 Å². The molecule has 0 aliphatic carbocycles. The van der Waals surface area contributed by atoms with E-state index in [-0.39, 0.29) is 13.1 Å². The molecule has 1 saturated heterocycles. The van der Waals surface area contributed by atoms with Crippen LogP contribution in [0.4, 0.5) is 8.78 Å². The number of hydrogen-bond donors (Lipinski definition) is 1. The summed E-state index contributed by atoms with van der Waals surface area (Å²) in [6, 6.07) is 2.28. The van der Waals surface area contributed by atoms with Gasteiger partial charge in [-0.2, -0.15) is 4.31 Å². The molecule has 1 N–H and O–H groups in total. The number of aliphatic hydroxyl groups excluding tert-OH is 1. The van der Waals surface area contributed by atoms with E-state index in [1.165, 1.54) is 0 Å². The van der Waals surface area contributed by atoms with Crippen molar-refractivity contribution in [3.05, 3.63) is 29.8 Å². The zero-order chi connectivity index (χ0) is 12.6. The molecule has 0 radical (unpaired) electrons. The number of hydrogen-bond acceptors (Lipinski definition) is 3. The van der Waals surface area contributed by atoms with Crippen molar-refractivity contribution in [2.24, 2.45) is 0 Å². The maximum absolute atomic E-state index is 13.4. The lowest BCUT2D eigenvalue weighted by Gasteiger charge is -2.16. The van der Waals surface area contributed by atoms with Crippen molar-refractivity contribution >= 4 is 10.0 Å². The van der Waals surface area contributed by atoms with Crippen LogP contribution in [0, 0.1) is 11.6 Å². The third-order valence-corrected chi connectivity index (χ3v) is 4.52. The first-order valence-electron chi connectivity index (χ1n) is 5.04. The summed E-state index contributed by atoms with van der Waals surface area (Å²) in [5.74, 6) is -1.81. The SMILES string of the molecule is O=S(=O)(c1cc(F)ccc1F)N1CCC(O)C1. The van der Waals surface area contributed by atoms with Crippen molar-refractivity contribution in [1.29, 1.82) is 0 Å². The largest absolute Gasteiger partial charge is 0.392 e. The molecule has 94 valence electrons. The number of nitrogens with zero attached hydrogens (tertiary/aromatic N) is 1. The van der Waals surface area contributed by atoms with E-state index in [1.54, 1.807) is 0 Å². The van der Waals surface area contributed by atoms with Gasteiger partial charge in [0.05, 0.1) is 6.10 Å². The number of sulfonamides is 1. The Bertz CT molecular complexity index is 532. The van der Waals surface area contributed by atoms with Gasteiger partial charge in [0.25, 0.3) is 0 Å². The normalized spacial score (nSPS) is 21.9. The Kier molecular flexibility index (Phi) is 3.15. The standard InChI is InChI=1S/C10H11F2NO3S/c11-7-1-2-9(12)10(5-7)17(15,16)13-4-3-8(14)6-13/h1-2,5,8,14H,3-4,6H2. The average Bonchev–Trinajstić information content (AvgIpc) is 2.69. The molecular weight excluding hydrogens is 252 g/mol. The van der Waals surface area contributed by atoms with Crippen LogP contribution in [-0.2, 0) is 10.0 Å². The number of benzene rings is 1. The summed E-state index contributed by atoms with van der Waals surface area (Å²) in [5.41, 5.74) is 0. The van der Waals surface area contributed by atoms with Gasteiger partial charge in [0, 0.05) is 13.1 Å². The van der Waals surface area contributed by atoms with E-state index in [0.29, 0.717) is 12.5 Å². The first-order chi connectivity index (χ1) is 7.91. The summed E-state index contributed by atoms with van der Waals surface area (Å²) in [7, 11) is -4.07. The fourth-order valence-electron chi connectivity index (χ4n) is 1.74. The van der Waals surface area contributed by atoms with Gasteiger partial charge < -0.3 is 5.11 Å². The van der Waals surface area contributed by atoms with Crippen molar-refractivity contribution in [2.75, 3.05) is 13.1 Å². The number of aliphatic hydroxyl groups is 1. The van der Waals surface area contributed by atoms with Crippen LogP contribution in [0.25, 0.3) is 0 Å². The summed E-state index contributed by atoms with van der Waals surface area (Å²) in [6.07, 6.45) is -0.447. The van der Waals surface area contributed by atoms with Gasteiger partial charge in [-0.25, -0.2) is 17.2 Å². The van der Waals surface area contributed by atoms with Crippen LogP contribution in [0.2, 0.25) is 0 Å². The smallest absolute Gasteiger partial charge is 0.246 e. The fraction of sp³-hybridized carbons (Fsp3) is 0.400. The van der Waals surface area contributed by atoms with Crippen LogP contribution in [-0.4, -0.2) is 37.0 Å². The van der Waals surface area contributed by atoms with Crippen molar-refractivity contribution in [1.82, 2.24) is 4.31 Å². The molecule has 1 fully saturated rings. The topological polar surface area (TPSA) is 57.6 Å². The Morgan fingerprint density at radius 2 is 2.06 bits per heavy atom. The predicted molar refractivity (Wildman–Crippen MR) is 55.7 cm³/mol. The Morgan fingerprint density at radius 3 is 2.65 bits per heavy atom. The molecule has 0 aromatic heterocycles.